The minimum Gasteiger partial charge on any atom is -0.288 e. The van der Waals surface area contributed by atoms with E-state index in [1.165, 1.54) is 6.33 Å². The number of rotatable bonds is 3. The molecule has 3 rings (SSSR count). The lowest BCUT2D eigenvalue weighted by molar-refractivity contribution is 0.769. The summed E-state index contributed by atoms with van der Waals surface area (Å²) < 4.78 is 3.60. The standard InChI is InChI=1S/C11H11ClN6/c1-2-3-9-13-4-5-17(9)10-6-8(12)16-11-14-7-15-18(10)11/h4-7H,2-3H2,1H3. The fourth-order valence-corrected chi connectivity index (χ4v) is 2.06. The number of halogens is 1. The van der Waals surface area contributed by atoms with Gasteiger partial charge in [-0.2, -0.15) is 19.6 Å². The highest BCUT2D eigenvalue weighted by molar-refractivity contribution is 6.29. The topological polar surface area (TPSA) is 60.9 Å². The molecule has 7 heteroatoms. The number of nitrogens with zero attached hydrogens (tertiary/aromatic N) is 6. The van der Waals surface area contributed by atoms with E-state index in [2.05, 4.69) is 27.0 Å². The number of hydrogen-bond donors (Lipinski definition) is 0. The van der Waals surface area contributed by atoms with E-state index < -0.39 is 0 Å². The molecule has 0 unspecified atom stereocenters. The average molecular weight is 263 g/mol. The van der Waals surface area contributed by atoms with Crippen LogP contribution in [0.4, 0.5) is 0 Å². The summed E-state index contributed by atoms with van der Waals surface area (Å²) in [5.41, 5.74) is 0. The van der Waals surface area contributed by atoms with E-state index in [4.69, 9.17) is 11.6 Å². The molecular weight excluding hydrogens is 252 g/mol. The molecule has 0 aromatic carbocycles. The molecule has 0 N–H and O–H groups in total. The zero-order valence-electron chi connectivity index (χ0n) is 9.78. The summed E-state index contributed by atoms with van der Waals surface area (Å²) in [5, 5.41) is 4.54. The van der Waals surface area contributed by atoms with Gasteiger partial charge in [-0.15, -0.1) is 0 Å². The second-order valence-electron chi connectivity index (χ2n) is 3.87. The van der Waals surface area contributed by atoms with Crippen molar-refractivity contribution in [1.82, 2.24) is 29.1 Å². The maximum Gasteiger partial charge on any atom is 0.255 e. The fourth-order valence-electron chi connectivity index (χ4n) is 1.89. The van der Waals surface area contributed by atoms with Crippen LogP contribution in [0.5, 0.6) is 0 Å². The molecule has 0 atom stereocenters. The highest BCUT2D eigenvalue weighted by Crippen LogP contribution is 2.16. The highest BCUT2D eigenvalue weighted by Gasteiger charge is 2.11. The predicted octanol–water partition coefficient (Wildman–Crippen LogP) is 1.92. The molecule has 92 valence electrons. The fraction of sp³-hybridized carbons (Fsp3) is 0.273. The van der Waals surface area contributed by atoms with E-state index in [1.54, 1.807) is 16.8 Å². The molecule has 0 spiro atoms. The smallest absolute Gasteiger partial charge is 0.255 e. The summed E-state index contributed by atoms with van der Waals surface area (Å²) in [5.74, 6) is 2.24. The van der Waals surface area contributed by atoms with Crippen molar-refractivity contribution in [2.24, 2.45) is 0 Å². The third kappa shape index (κ3) is 1.74. The summed E-state index contributed by atoms with van der Waals surface area (Å²) in [6.07, 6.45) is 7.03. The molecule has 0 saturated carbocycles. The van der Waals surface area contributed by atoms with Crippen molar-refractivity contribution in [3.63, 3.8) is 0 Å². The lowest BCUT2D eigenvalue weighted by Crippen LogP contribution is -2.07. The number of aromatic nitrogens is 6. The van der Waals surface area contributed by atoms with Gasteiger partial charge in [0, 0.05) is 24.9 Å². The van der Waals surface area contributed by atoms with Crippen LogP contribution in [0.15, 0.2) is 24.8 Å². The van der Waals surface area contributed by atoms with Crippen LogP contribution in [0.1, 0.15) is 19.2 Å². The quantitative estimate of drug-likeness (QED) is 0.677. The Morgan fingerprint density at radius 2 is 2.22 bits per heavy atom. The highest BCUT2D eigenvalue weighted by atomic mass is 35.5. The van der Waals surface area contributed by atoms with E-state index in [9.17, 15) is 0 Å². The first-order chi connectivity index (χ1) is 8.79. The first kappa shape index (κ1) is 11.2. The van der Waals surface area contributed by atoms with Crippen LogP contribution >= 0.6 is 11.6 Å². The Balaban J connectivity index is 2.24. The Labute approximate surface area is 108 Å². The maximum absolute atomic E-state index is 6.00. The lowest BCUT2D eigenvalue weighted by Gasteiger charge is -2.08. The van der Waals surface area contributed by atoms with Crippen molar-refractivity contribution in [2.45, 2.75) is 19.8 Å². The van der Waals surface area contributed by atoms with Crippen LogP contribution in [0, 0.1) is 0 Å². The van der Waals surface area contributed by atoms with Crippen LogP contribution in [-0.4, -0.2) is 29.1 Å². The minimum absolute atomic E-state index is 0.390. The monoisotopic (exact) mass is 262 g/mol. The molecule has 0 amide bonds. The Morgan fingerprint density at radius 3 is 3.06 bits per heavy atom. The van der Waals surface area contributed by atoms with Crippen LogP contribution in [0.2, 0.25) is 5.15 Å². The van der Waals surface area contributed by atoms with Crippen molar-refractivity contribution in [3.05, 3.63) is 35.8 Å². The molecule has 6 nitrogen and oxygen atoms in total. The second kappa shape index (κ2) is 4.38. The Bertz CT molecular complexity index is 686. The molecule has 3 aromatic heterocycles. The molecule has 3 heterocycles. The predicted molar refractivity (Wildman–Crippen MR) is 66.9 cm³/mol. The molecule has 18 heavy (non-hydrogen) atoms. The summed E-state index contributed by atoms with van der Waals surface area (Å²) in [4.78, 5) is 12.5. The molecule has 0 aliphatic carbocycles. The number of hydrogen-bond acceptors (Lipinski definition) is 4. The van der Waals surface area contributed by atoms with E-state index in [-0.39, 0.29) is 0 Å². The van der Waals surface area contributed by atoms with E-state index in [0.29, 0.717) is 10.9 Å². The summed E-state index contributed by atoms with van der Waals surface area (Å²) >= 11 is 6.00. The molecule has 0 fully saturated rings. The zero-order chi connectivity index (χ0) is 12.5. The van der Waals surface area contributed by atoms with Crippen LogP contribution in [0.3, 0.4) is 0 Å². The van der Waals surface area contributed by atoms with E-state index in [0.717, 1.165) is 24.5 Å². The second-order valence-corrected chi connectivity index (χ2v) is 4.26. The van der Waals surface area contributed by atoms with Crippen molar-refractivity contribution in [1.29, 1.82) is 0 Å². The molecule has 0 saturated heterocycles. The first-order valence-corrected chi connectivity index (χ1v) is 6.06. The van der Waals surface area contributed by atoms with E-state index >= 15 is 0 Å². The Kier molecular flexibility index (Phi) is 2.71. The number of aryl methyl sites for hydroxylation is 1. The summed E-state index contributed by atoms with van der Waals surface area (Å²) in [6.45, 7) is 2.11. The van der Waals surface area contributed by atoms with Gasteiger partial charge in [0.25, 0.3) is 5.78 Å². The summed E-state index contributed by atoms with van der Waals surface area (Å²) in [7, 11) is 0. The molecule has 0 aliphatic rings. The van der Waals surface area contributed by atoms with Gasteiger partial charge in [0.1, 0.15) is 23.1 Å². The Morgan fingerprint density at radius 1 is 1.33 bits per heavy atom. The van der Waals surface area contributed by atoms with Gasteiger partial charge >= 0.3 is 0 Å². The van der Waals surface area contributed by atoms with Gasteiger partial charge in [0.15, 0.2) is 0 Å². The van der Waals surface area contributed by atoms with Crippen LogP contribution < -0.4 is 0 Å². The molecule has 3 aromatic rings. The third-order valence-electron chi connectivity index (χ3n) is 2.64. The van der Waals surface area contributed by atoms with Gasteiger partial charge in [-0.3, -0.25) is 4.57 Å². The lowest BCUT2D eigenvalue weighted by atomic mass is 10.3. The molecule has 0 radical (unpaired) electrons. The Hall–Kier alpha value is -1.95. The van der Waals surface area contributed by atoms with Gasteiger partial charge in [0.2, 0.25) is 0 Å². The van der Waals surface area contributed by atoms with Gasteiger partial charge in [-0.05, 0) is 6.42 Å². The van der Waals surface area contributed by atoms with Gasteiger partial charge in [-0.25, -0.2) is 4.98 Å². The maximum atomic E-state index is 6.00. The van der Waals surface area contributed by atoms with Crippen LogP contribution in [-0.2, 0) is 6.42 Å². The van der Waals surface area contributed by atoms with Crippen molar-refractivity contribution in [3.8, 4) is 5.82 Å². The van der Waals surface area contributed by atoms with Gasteiger partial charge in [0.05, 0.1) is 0 Å². The molecule has 0 aliphatic heterocycles. The molecular formula is C11H11ClN6. The average Bonchev–Trinajstić information content (AvgIpc) is 2.96. The van der Waals surface area contributed by atoms with Gasteiger partial charge in [-0.1, -0.05) is 18.5 Å². The number of fused-ring (bicyclic) bond motifs is 1. The zero-order valence-corrected chi connectivity index (χ0v) is 10.5. The minimum atomic E-state index is 0.390. The van der Waals surface area contributed by atoms with Crippen molar-refractivity contribution >= 4 is 17.4 Å². The van der Waals surface area contributed by atoms with Crippen molar-refractivity contribution < 1.29 is 0 Å². The van der Waals surface area contributed by atoms with Crippen molar-refractivity contribution in [2.75, 3.05) is 0 Å². The SMILES string of the molecule is CCCc1nccn1-c1cc(Cl)nc2ncnn12. The first-order valence-electron chi connectivity index (χ1n) is 5.68. The van der Waals surface area contributed by atoms with Gasteiger partial charge < -0.3 is 0 Å². The normalized spacial score (nSPS) is 11.2. The van der Waals surface area contributed by atoms with Crippen LogP contribution in [0.25, 0.3) is 11.6 Å². The molecule has 0 bridgehead atoms. The number of imidazole rings is 1. The van der Waals surface area contributed by atoms with E-state index in [1.807, 2.05) is 10.8 Å². The summed E-state index contributed by atoms with van der Waals surface area (Å²) in [6, 6.07) is 1.75. The third-order valence-corrected chi connectivity index (χ3v) is 2.83. The largest absolute Gasteiger partial charge is 0.288 e.